The first-order valence-corrected chi connectivity index (χ1v) is 10.9. The second-order valence-electron chi connectivity index (χ2n) is 7.98. The number of benzene rings is 2. The summed E-state index contributed by atoms with van der Waals surface area (Å²) in [5.41, 5.74) is 1.07. The summed E-state index contributed by atoms with van der Waals surface area (Å²) in [6.07, 6.45) is 1.47. The number of amides is 1. The number of ether oxygens (including phenoxy) is 3. The van der Waals surface area contributed by atoms with Crippen molar-refractivity contribution >= 4 is 23.4 Å². The number of esters is 1. The van der Waals surface area contributed by atoms with Crippen LogP contribution in [0.15, 0.2) is 70.9 Å². The smallest absolute Gasteiger partial charge is 0.337 e. The molecule has 1 fully saturated rings. The van der Waals surface area contributed by atoms with E-state index in [9.17, 15) is 19.5 Å². The van der Waals surface area contributed by atoms with Crippen molar-refractivity contribution in [3.8, 4) is 11.5 Å². The van der Waals surface area contributed by atoms with Gasteiger partial charge in [-0.3, -0.25) is 9.59 Å². The van der Waals surface area contributed by atoms with Crippen LogP contribution < -0.4 is 9.47 Å². The molecule has 2 aliphatic heterocycles. The van der Waals surface area contributed by atoms with Crippen LogP contribution >= 0.6 is 0 Å². The monoisotopic (exact) mass is 475 g/mol. The molecule has 1 N–H and O–H groups in total. The molecule has 0 aliphatic carbocycles. The van der Waals surface area contributed by atoms with E-state index in [0.717, 1.165) is 0 Å². The van der Waals surface area contributed by atoms with Crippen LogP contribution in [0.2, 0.25) is 0 Å². The van der Waals surface area contributed by atoms with Crippen LogP contribution in [-0.2, 0) is 20.9 Å². The fraction of sp³-hybridized carbons (Fsp3) is 0.192. The number of ketones is 1. The van der Waals surface area contributed by atoms with E-state index in [2.05, 4.69) is 0 Å². The van der Waals surface area contributed by atoms with Crippen molar-refractivity contribution in [2.24, 2.45) is 0 Å². The molecule has 2 aliphatic rings. The molecule has 0 radical (unpaired) electrons. The maximum Gasteiger partial charge on any atom is 0.337 e. The van der Waals surface area contributed by atoms with Crippen LogP contribution in [0.4, 0.5) is 0 Å². The van der Waals surface area contributed by atoms with Crippen LogP contribution in [0, 0.1) is 0 Å². The summed E-state index contributed by atoms with van der Waals surface area (Å²) >= 11 is 0. The molecule has 0 saturated carbocycles. The Kier molecular flexibility index (Phi) is 5.74. The first-order chi connectivity index (χ1) is 17.0. The molecule has 35 heavy (non-hydrogen) atoms. The molecule has 2 aromatic carbocycles. The standard InChI is InChI=1S/C26H21NO8/c1-32-26(31)16-6-4-15(5-7-16)22-21(24(29)25(30)27(22)14-18-3-2-10-33-18)23(28)17-8-9-19-20(13-17)35-12-11-34-19/h2-10,13,22,28H,11-12,14H2,1H3/b23-21+. The molecule has 3 heterocycles. The van der Waals surface area contributed by atoms with E-state index in [0.29, 0.717) is 47.2 Å². The Morgan fingerprint density at radius 2 is 1.74 bits per heavy atom. The highest BCUT2D eigenvalue weighted by molar-refractivity contribution is 6.46. The van der Waals surface area contributed by atoms with Crippen LogP contribution in [0.1, 0.15) is 33.3 Å². The Balaban J connectivity index is 1.62. The highest BCUT2D eigenvalue weighted by Gasteiger charge is 2.46. The molecule has 9 nitrogen and oxygen atoms in total. The Hall–Kier alpha value is -4.53. The molecule has 0 spiro atoms. The Morgan fingerprint density at radius 1 is 1.03 bits per heavy atom. The average Bonchev–Trinajstić information content (AvgIpc) is 3.50. The number of fused-ring (bicyclic) bond motifs is 1. The normalized spacial score (nSPS) is 18.5. The lowest BCUT2D eigenvalue weighted by Gasteiger charge is -2.25. The largest absolute Gasteiger partial charge is 0.507 e. The molecule has 1 amide bonds. The van der Waals surface area contributed by atoms with Crippen LogP contribution in [0.5, 0.6) is 11.5 Å². The number of hydrogen-bond acceptors (Lipinski definition) is 8. The number of methoxy groups -OCH3 is 1. The molecule has 5 rings (SSSR count). The summed E-state index contributed by atoms with van der Waals surface area (Å²) in [4.78, 5) is 39.5. The quantitative estimate of drug-likeness (QED) is 0.258. The number of likely N-dealkylation sites (tertiary alicyclic amines) is 1. The predicted octanol–water partition coefficient (Wildman–Crippen LogP) is 3.46. The van der Waals surface area contributed by atoms with Crippen molar-refractivity contribution in [3.05, 3.63) is 88.9 Å². The SMILES string of the molecule is COC(=O)c1ccc(C2/C(=C(\O)c3ccc4c(c3)OCCO4)C(=O)C(=O)N2Cc2ccco2)cc1. The van der Waals surface area contributed by atoms with Crippen molar-refractivity contribution in [1.82, 2.24) is 4.90 Å². The van der Waals surface area contributed by atoms with Gasteiger partial charge < -0.3 is 28.6 Å². The maximum atomic E-state index is 13.2. The van der Waals surface area contributed by atoms with Crippen molar-refractivity contribution in [2.75, 3.05) is 20.3 Å². The molecular formula is C26H21NO8. The van der Waals surface area contributed by atoms with E-state index in [1.165, 1.54) is 30.4 Å². The third kappa shape index (κ3) is 4.01. The molecular weight excluding hydrogens is 454 g/mol. The summed E-state index contributed by atoms with van der Waals surface area (Å²) < 4.78 is 21.3. The zero-order valence-electron chi connectivity index (χ0n) is 18.7. The van der Waals surface area contributed by atoms with E-state index in [1.54, 1.807) is 42.5 Å². The fourth-order valence-electron chi connectivity index (χ4n) is 4.23. The van der Waals surface area contributed by atoms with Crippen molar-refractivity contribution in [2.45, 2.75) is 12.6 Å². The lowest BCUT2D eigenvalue weighted by Crippen LogP contribution is -2.29. The molecule has 1 unspecified atom stereocenters. The van der Waals surface area contributed by atoms with Gasteiger partial charge in [-0.15, -0.1) is 0 Å². The molecule has 178 valence electrons. The van der Waals surface area contributed by atoms with Gasteiger partial charge >= 0.3 is 5.97 Å². The first kappa shape index (κ1) is 22.3. The van der Waals surface area contributed by atoms with Crippen LogP contribution in [0.3, 0.4) is 0 Å². The van der Waals surface area contributed by atoms with Gasteiger partial charge in [0.2, 0.25) is 0 Å². The number of aliphatic hydroxyl groups excluding tert-OH is 1. The zero-order valence-corrected chi connectivity index (χ0v) is 18.7. The summed E-state index contributed by atoms with van der Waals surface area (Å²) in [6, 6.07) is 13.6. The van der Waals surface area contributed by atoms with Crippen molar-refractivity contribution in [1.29, 1.82) is 0 Å². The van der Waals surface area contributed by atoms with Gasteiger partial charge in [-0.05, 0) is 48.0 Å². The van der Waals surface area contributed by atoms with Crippen LogP contribution in [0.25, 0.3) is 5.76 Å². The Labute approximate surface area is 200 Å². The highest BCUT2D eigenvalue weighted by atomic mass is 16.6. The minimum atomic E-state index is -0.917. The molecule has 1 aromatic heterocycles. The fourth-order valence-corrected chi connectivity index (χ4v) is 4.23. The molecule has 3 aromatic rings. The van der Waals surface area contributed by atoms with Gasteiger partial charge in [0.05, 0.1) is 37.1 Å². The number of nitrogens with zero attached hydrogens (tertiary/aromatic N) is 1. The number of Topliss-reactive ketones (excluding diaryl/α,β-unsaturated/α-hetero) is 1. The summed E-state index contributed by atoms with van der Waals surface area (Å²) in [7, 11) is 1.28. The van der Waals surface area contributed by atoms with E-state index < -0.39 is 23.7 Å². The second-order valence-corrected chi connectivity index (χ2v) is 7.98. The Morgan fingerprint density at radius 3 is 2.43 bits per heavy atom. The molecule has 9 heteroatoms. The molecule has 1 saturated heterocycles. The van der Waals surface area contributed by atoms with E-state index >= 15 is 0 Å². The number of carbonyl (C=O) groups excluding carboxylic acids is 3. The number of aliphatic hydroxyl groups is 1. The number of furan rings is 1. The average molecular weight is 475 g/mol. The van der Waals surface area contributed by atoms with Gasteiger partial charge in [0.1, 0.15) is 24.7 Å². The van der Waals surface area contributed by atoms with Gasteiger partial charge in [0.15, 0.2) is 11.5 Å². The minimum Gasteiger partial charge on any atom is -0.507 e. The lowest BCUT2D eigenvalue weighted by molar-refractivity contribution is -0.140. The van der Waals surface area contributed by atoms with Gasteiger partial charge in [-0.25, -0.2) is 4.79 Å². The van der Waals surface area contributed by atoms with Crippen LogP contribution in [-0.4, -0.2) is 48.0 Å². The van der Waals surface area contributed by atoms with Gasteiger partial charge in [-0.2, -0.15) is 0 Å². The van der Waals surface area contributed by atoms with Gasteiger partial charge in [0, 0.05) is 5.56 Å². The maximum absolute atomic E-state index is 13.2. The third-order valence-electron chi connectivity index (χ3n) is 5.91. The topological polar surface area (TPSA) is 116 Å². The summed E-state index contributed by atoms with van der Waals surface area (Å²) in [6.45, 7) is 0.786. The lowest BCUT2D eigenvalue weighted by atomic mass is 9.94. The van der Waals surface area contributed by atoms with Crippen molar-refractivity contribution in [3.63, 3.8) is 0 Å². The summed E-state index contributed by atoms with van der Waals surface area (Å²) in [5, 5.41) is 11.3. The zero-order chi connectivity index (χ0) is 24.5. The van der Waals surface area contributed by atoms with E-state index in [1.807, 2.05) is 0 Å². The van der Waals surface area contributed by atoms with E-state index in [-0.39, 0.29) is 17.9 Å². The second kappa shape index (κ2) is 9.02. The molecule has 0 bridgehead atoms. The minimum absolute atomic E-state index is 0.0128. The van der Waals surface area contributed by atoms with Gasteiger partial charge in [0.25, 0.3) is 11.7 Å². The number of carbonyl (C=O) groups is 3. The van der Waals surface area contributed by atoms with Crippen molar-refractivity contribution < 1.29 is 38.1 Å². The predicted molar refractivity (Wildman–Crippen MR) is 122 cm³/mol. The highest BCUT2D eigenvalue weighted by Crippen LogP contribution is 2.41. The third-order valence-corrected chi connectivity index (χ3v) is 5.91. The number of rotatable bonds is 5. The molecule has 1 atom stereocenters. The number of hydrogen-bond donors (Lipinski definition) is 1. The summed E-state index contributed by atoms with van der Waals surface area (Å²) in [5.74, 6) is -1.03. The van der Waals surface area contributed by atoms with Gasteiger partial charge in [-0.1, -0.05) is 12.1 Å². The van der Waals surface area contributed by atoms with E-state index in [4.69, 9.17) is 18.6 Å². The first-order valence-electron chi connectivity index (χ1n) is 10.9. The Bertz CT molecular complexity index is 1320.